The number of amides is 1. The minimum absolute atomic E-state index is 0.158. The zero-order valence-corrected chi connectivity index (χ0v) is 14.4. The van der Waals surface area contributed by atoms with Crippen LogP contribution in [0.2, 0.25) is 0 Å². The van der Waals surface area contributed by atoms with Crippen LogP contribution < -0.4 is 14.9 Å². The lowest BCUT2D eigenvalue weighted by molar-refractivity contribution is -0.130. The first-order valence-corrected chi connectivity index (χ1v) is 8.72. The summed E-state index contributed by atoms with van der Waals surface area (Å²) in [5.41, 5.74) is 2.51. The van der Waals surface area contributed by atoms with Gasteiger partial charge in [-0.25, -0.2) is 5.43 Å². The molecule has 0 saturated heterocycles. The van der Waals surface area contributed by atoms with Crippen molar-refractivity contribution in [3.05, 3.63) is 58.3 Å². The number of ether oxygens (including phenoxy) is 2. The van der Waals surface area contributed by atoms with Gasteiger partial charge < -0.3 is 9.47 Å². The monoisotopic (exact) mass is 352 g/mol. The highest BCUT2D eigenvalue weighted by Gasteiger charge is 2.27. The number of nitrogens with one attached hydrogen (secondary N) is 1. The van der Waals surface area contributed by atoms with E-state index in [1.807, 2.05) is 55.5 Å². The number of fused-ring (bicyclic) bond motifs is 2. The lowest BCUT2D eigenvalue weighted by Crippen LogP contribution is -2.42. The molecular weight excluding hydrogens is 336 g/mol. The van der Waals surface area contributed by atoms with E-state index in [0.717, 1.165) is 15.6 Å². The highest BCUT2D eigenvalue weighted by atomic mass is 32.1. The number of hydrogen-bond donors (Lipinski definition) is 1. The molecule has 6 heteroatoms. The van der Waals surface area contributed by atoms with Crippen molar-refractivity contribution in [3.8, 4) is 11.5 Å². The molecule has 1 amide bonds. The Morgan fingerprint density at radius 1 is 1.20 bits per heavy atom. The van der Waals surface area contributed by atoms with E-state index >= 15 is 0 Å². The van der Waals surface area contributed by atoms with Crippen molar-refractivity contribution in [2.45, 2.75) is 13.0 Å². The van der Waals surface area contributed by atoms with Crippen LogP contribution in [-0.2, 0) is 4.79 Å². The van der Waals surface area contributed by atoms with Crippen LogP contribution in [0.5, 0.6) is 11.5 Å². The van der Waals surface area contributed by atoms with Crippen LogP contribution in [0.3, 0.4) is 0 Å². The molecule has 0 fully saturated rings. The number of aryl methyl sites for hydroxylation is 1. The number of hydrazone groups is 1. The summed E-state index contributed by atoms with van der Waals surface area (Å²) in [7, 11) is 0. The first-order chi connectivity index (χ1) is 12.2. The van der Waals surface area contributed by atoms with Gasteiger partial charge in [-0.05, 0) is 42.0 Å². The Hall–Kier alpha value is -2.86. The summed E-state index contributed by atoms with van der Waals surface area (Å²) < 4.78 is 11.5. The average molecular weight is 352 g/mol. The van der Waals surface area contributed by atoms with Gasteiger partial charge in [0.15, 0.2) is 11.5 Å². The van der Waals surface area contributed by atoms with Crippen molar-refractivity contribution in [2.75, 3.05) is 6.61 Å². The summed E-state index contributed by atoms with van der Waals surface area (Å²) in [6.45, 7) is 2.18. The number of hydrogen-bond acceptors (Lipinski definition) is 5. The minimum atomic E-state index is -0.726. The van der Waals surface area contributed by atoms with Crippen molar-refractivity contribution in [2.24, 2.45) is 5.10 Å². The molecule has 2 heterocycles. The molecule has 0 bridgehead atoms. The van der Waals surface area contributed by atoms with Crippen LogP contribution in [0.15, 0.2) is 53.6 Å². The summed E-state index contributed by atoms with van der Waals surface area (Å²) in [6.07, 6.45) is 0.900. The van der Waals surface area contributed by atoms with Crippen molar-refractivity contribution in [1.29, 1.82) is 0 Å². The largest absolute Gasteiger partial charge is 0.485 e. The van der Waals surface area contributed by atoms with Crippen LogP contribution in [0.25, 0.3) is 10.8 Å². The third-order valence-electron chi connectivity index (χ3n) is 3.89. The quantitative estimate of drug-likeness (QED) is 0.580. The third-order valence-corrected chi connectivity index (χ3v) is 4.83. The summed E-state index contributed by atoms with van der Waals surface area (Å²) in [6, 6.07) is 15.7. The third kappa shape index (κ3) is 3.34. The van der Waals surface area contributed by atoms with Crippen LogP contribution >= 0.6 is 11.3 Å². The van der Waals surface area contributed by atoms with Crippen molar-refractivity contribution in [1.82, 2.24) is 5.43 Å². The molecule has 1 aliphatic rings. The summed E-state index contributed by atoms with van der Waals surface area (Å²) in [5.74, 6) is 0.895. The lowest BCUT2D eigenvalue weighted by atomic mass is 10.1. The predicted molar refractivity (Wildman–Crippen MR) is 98.7 cm³/mol. The van der Waals surface area contributed by atoms with Gasteiger partial charge in [-0.2, -0.15) is 5.10 Å². The van der Waals surface area contributed by atoms with Gasteiger partial charge in [-0.3, -0.25) is 4.79 Å². The molecule has 0 saturated carbocycles. The Morgan fingerprint density at radius 3 is 2.68 bits per heavy atom. The van der Waals surface area contributed by atoms with Gasteiger partial charge >= 0.3 is 0 Å². The number of carbonyl (C=O) groups is 1. The van der Waals surface area contributed by atoms with E-state index in [2.05, 4.69) is 10.5 Å². The molecule has 4 rings (SSSR count). The van der Waals surface area contributed by atoms with Gasteiger partial charge in [0.05, 0.1) is 6.21 Å². The maximum Gasteiger partial charge on any atom is 0.284 e. The summed E-state index contributed by atoms with van der Waals surface area (Å²) in [5, 5.41) is 6.10. The Labute approximate surface area is 148 Å². The normalized spacial score (nSPS) is 16.3. The second-order valence-corrected chi connectivity index (χ2v) is 7.07. The molecule has 25 heavy (non-hydrogen) atoms. The van der Waals surface area contributed by atoms with E-state index in [9.17, 15) is 4.79 Å². The SMILES string of the molecule is Cc1ccc(/C=N/NC(=O)[C@@H]2COc3cc4ccccc4cc3O2)s1. The molecule has 3 aromatic rings. The van der Waals surface area contributed by atoms with E-state index in [1.54, 1.807) is 17.6 Å². The van der Waals surface area contributed by atoms with E-state index < -0.39 is 6.10 Å². The maximum absolute atomic E-state index is 12.2. The van der Waals surface area contributed by atoms with Gasteiger partial charge in [0.25, 0.3) is 5.91 Å². The van der Waals surface area contributed by atoms with Crippen LogP contribution in [-0.4, -0.2) is 24.8 Å². The molecule has 1 atom stereocenters. The zero-order chi connectivity index (χ0) is 17.2. The standard InChI is InChI=1S/C19H16N2O3S/c1-12-6-7-15(25-12)10-20-21-19(22)18-11-23-16-8-13-4-2-3-5-14(13)9-17(16)24-18/h2-10,18H,11H2,1H3,(H,21,22)/b20-10+/t18-/m0/s1. The van der Waals surface area contributed by atoms with E-state index in [-0.39, 0.29) is 12.5 Å². The van der Waals surface area contributed by atoms with E-state index in [0.29, 0.717) is 11.5 Å². The van der Waals surface area contributed by atoms with Crippen LogP contribution in [0.1, 0.15) is 9.75 Å². The second kappa shape index (κ2) is 6.57. The number of carbonyl (C=O) groups excluding carboxylic acids is 1. The van der Waals surface area contributed by atoms with Crippen molar-refractivity contribution >= 4 is 34.2 Å². The average Bonchev–Trinajstić information content (AvgIpc) is 3.04. The molecule has 0 radical (unpaired) electrons. The fraction of sp³-hybridized carbons (Fsp3) is 0.158. The predicted octanol–water partition coefficient (Wildman–Crippen LogP) is 3.50. The zero-order valence-electron chi connectivity index (χ0n) is 13.6. The van der Waals surface area contributed by atoms with E-state index in [1.165, 1.54) is 4.88 Å². The Morgan fingerprint density at radius 2 is 1.96 bits per heavy atom. The van der Waals surface area contributed by atoms with Crippen molar-refractivity contribution < 1.29 is 14.3 Å². The van der Waals surface area contributed by atoms with E-state index in [4.69, 9.17) is 9.47 Å². The number of benzene rings is 2. The fourth-order valence-electron chi connectivity index (χ4n) is 2.64. The van der Waals surface area contributed by atoms with Gasteiger partial charge in [-0.15, -0.1) is 11.3 Å². The Bertz CT molecular complexity index is 964. The molecule has 1 N–H and O–H groups in total. The molecule has 0 spiro atoms. The highest BCUT2D eigenvalue weighted by Crippen LogP contribution is 2.35. The molecular formula is C19H16N2O3S. The number of nitrogens with zero attached hydrogens (tertiary/aromatic N) is 1. The molecule has 126 valence electrons. The number of thiophene rings is 1. The van der Waals surface area contributed by atoms with Gasteiger partial charge in [0.2, 0.25) is 6.10 Å². The Balaban J connectivity index is 1.45. The van der Waals surface area contributed by atoms with Crippen LogP contribution in [0.4, 0.5) is 0 Å². The topological polar surface area (TPSA) is 59.9 Å². The second-order valence-electron chi connectivity index (χ2n) is 5.75. The molecule has 0 unspecified atom stereocenters. The van der Waals surface area contributed by atoms with Gasteiger partial charge in [0, 0.05) is 9.75 Å². The highest BCUT2D eigenvalue weighted by molar-refractivity contribution is 7.13. The Kier molecular flexibility index (Phi) is 4.11. The van der Waals surface area contributed by atoms with Crippen molar-refractivity contribution in [3.63, 3.8) is 0 Å². The fourth-order valence-corrected chi connectivity index (χ4v) is 3.39. The molecule has 1 aliphatic heterocycles. The van der Waals surface area contributed by atoms with Crippen LogP contribution in [0, 0.1) is 6.92 Å². The summed E-state index contributed by atoms with van der Waals surface area (Å²) >= 11 is 1.61. The molecule has 2 aromatic carbocycles. The number of rotatable bonds is 3. The molecule has 1 aromatic heterocycles. The smallest absolute Gasteiger partial charge is 0.284 e. The molecule has 5 nitrogen and oxygen atoms in total. The minimum Gasteiger partial charge on any atom is -0.485 e. The lowest BCUT2D eigenvalue weighted by Gasteiger charge is -2.25. The molecule has 0 aliphatic carbocycles. The van der Waals surface area contributed by atoms with Gasteiger partial charge in [-0.1, -0.05) is 24.3 Å². The maximum atomic E-state index is 12.2. The first kappa shape index (κ1) is 15.7. The first-order valence-electron chi connectivity index (χ1n) is 7.91. The summed E-state index contributed by atoms with van der Waals surface area (Å²) in [4.78, 5) is 14.4. The van der Waals surface area contributed by atoms with Gasteiger partial charge in [0.1, 0.15) is 6.61 Å².